The van der Waals surface area contributed by atoms with E-state index in [0.717, 1.165) is 16.5 Å². The maximum atomic E-state index is 11.6. The van der Waals surface area contributed by atoms with E-state index < -0.39 is 6.10 Å². The zero-order valence-electron chi connectivity index (χ0n) is 13.9. The molecular weight excluding hydrogens is 292 g/mol. The summed E-state index contributed by atoms with van der Waals surface area (Å²) in [5.41, 5.74) is 0. The average Bonchev–Trinajstić information content (AvgIpc) is 2.52. The van der Waals surface area contributed by atoms with E-state index in [2.05, 4.69) is 0 Å². The second kappa shape index (κ2) is 7.94. The van der Waals surface area contributed by atoms with Crippen LogP contribution in [-0.2, 0) is 4.79 Å². The molecule has 5 nitrogen and oxygen atoms in total. The molecule has 0 saturated heterocycles. The third kappa shape index (κ3) is 5.23. The van der Waals surface area contributed by atoms with E-state index in [1.807, 2.05) is 42.5 Å². The molecule has 0 aliphatic carbocycles. The normalized spacial score (nSPS) is 12.4. The van der Waals surface area contributed by atoms with Crippen molar-refractivity contribution in [1.82, 2.24) is 9.80 Å². The second-order valence-electron chi connectivity index (χ2n) is 5.96. The summed E-state index contributed by atoms with van der Waals surface area (Å²) in [6.07, 6.45) is -0.651. The lowest BCUT2D eigenvalue weighted by Gasteiger charge is -2.22. The first-order valence-corrected chi connectivity index (χ1v) is 7.64. The van der Waals surface area contributed by atoms with Gasteiger partial charge in [0.2, 0.25) is 5.91 Å². The molecule has 124 valence electrons. The van der Waals surface area contributed by atoms with Crippen LogP contribution >= 0.6 is 0 Å². The zero-order valence-corrected chi connectivity index (χ0v) is 13.9. The number of amides is 1. The first kappa shape index (κ1) is 17.2. The molecule has 2 aromatic carbocycles. The predicted octanol–water partition coefficient (Wildman–Crippen LogP) is 1.60. The van der Waals surface area contributed by atoms with Crippen LogP contribution in [0.15, 0.2) is 42.5 Å². The molecule has 23 heavy (non-hydrogen) atoms. The summed E-state index contributed by atoms with van der Waals surface area (Å²) in [5.74, 6) is 0.741. The van der Waals surface area contributed by atoms with Gasteiger partial charge < -0.3 is 14.7 Å². The van der Waals surface area contributed by atoms with E-state index in [4.69, 9.17) is 4.74 Å². The summed E-state index contributed by atoms with van der Waals surface area (Å²) in [5, 5.41) is 12.3. The molecule has 0 aliphatic heterocycles. The summed E-state index contributed by atoms with van der Waals surface area (Å²) in [6.45, 7) is 0.853. The lowest BCUT2D eigenvalue weighted by atomic mass is 10.1. The van der Waals surface area contributed by atoms with Crippen molar-refractivity contribution in [3.8, 4) is 5.75 Å². The van der Waals surface area contributed by atoms with Crippen molar-refractivity contribution in [2.24, 2.45) is 0 Å². The van der Waals surface area contributed by atoms with Crippen molar-refractivity contribution in [3.05, 3.63) is 42.5 Å². The fourth-order valence-electron chi connectivity index (χ4n) is 2.30. The number of aliphatic hydroxyl groups excluding tert-OH is 1. The van der Waals surface area contributed by atoms with E-state index in [0.29, 0.717) is 6.54 Å². The van der Waals surface area contributed by atoms with Crippen molar-refractivity contribution in [3.63, 3.8) is 0 Å². The Labute approximate surface area is 137 Å². The Morgan fingerprint density at radius 1 is 1.13 bits per heavy atom. The Morgan fingerprint density at radius 2 is 1.83 bits per heavy atom. The number of fused-ring (bicyclic) bond motifs is 1. The van der Waals surface area contributed by atoms with Crippen molar-refractivity contribution in [1.29, 1.82) is 0 Å². The van der Waals surface area contributed by atoms with Gasteiger partial charge in [-0.1, -0.05) is 30.3 Å². The topological polar surface area (TPSA) is 53.0 Å². The molecule has 0 fully saturated rings. The molecule has 1 unspecified atom stereocenters. The van der Waals surface area contributed by atoms with Crippen LogP contribution in [0, 0.1) is 0 Å². The highest BCUT2D eigenvalue weighted by Gasteiger charge is 2.13. The van der Waals surface area contributed by atoms with E-state index in [1.54, 1.807) is 26.0 Å². The van der Waals surface area contributed by atoms with Gasteiger partial charge in [-0.05, 0) is 30.0 Å². The molecular formula is C18H24N2O3. The van der Waals surface area contributed by atoms with Gasteiger partial charge in [-0.3, -0.25) is 9.69 Å². The lowest BCUT2D eigenvalue weighted by Crippen LogP contribution is -2.39. The third-order valence-electron chi connectivity index (χ3n) is 3.59. The number of ether oxygens (including phenoxy) is 1. The molecule has 0 aromatic heterocycles. The van der Waals surface area contributed by atoms with Crippen molar-refractivity contribution in [2.45, 2.75) is 6.10 Å². The first-order valence-electron chi connectivity index (χ1n) is 7.64. The molecule has 1 atom stereocenters. The molecule has 0 heterocycles. The van der Waals surface area contributed by atoms with E-state index in [9.17, 15) is 9.90 Å². The molecule has 1 N–H and O–H groups in total. The summed E-state index contributed by atoms with van der Waals surface area (Å²) in [6, 6.07) is 13.9. The van der Waals surface area contributed by atoms with Crippen LogP contribution < -0.4 is 4.74 Å². The molecule has 0 radical (unpaired) electrons. The van der Waals surface area contributed by atoms with Gasteiger partial charge in [0, 0.05) is 20.6 Å². The van der Waals surface area contributed by atoms with Gasteiger partial charge in [0.05, 0.1) is 6.54 Å². The quantitative estimate of drug-likeness (QED) is 0.843. The minimum Gasteiger partial charge on any atom is -0.491 e. The second-order valence-corrected chi connectivity index (χ2v) is 5.96. The average molecular weight is 316 g/mol. The summed E-state index contributed by atoms with van der Waals surface area (Å²) in [7, 11) is 5.24. The maximum absolute atomic E-state index is 11.6. The maximum Gasteiger partial charge on any atom is 0.236 e. The number of benzene rings is 2. The molecule has 0 bridgehead atoms. The van der Waals surface area contributed by atoms with Gasteiger partial charge >= 0.3 is 0 Å². The van der Waals surface area contributed by atoms with Crippen LogP contribution in [0.25, 0.3) is 10.8 Å². The molecule has 0 aliphatic rings. The number of rotatable bonds is 7. The van der Waals surface area contributed by atoms with Crippen molar-refractivity contribution < 1.29 is 14.6 Å². The Balaban J connectivity index is 1.83. The minimum absolute atomic E-state index is 0.00940. The summed E-state index contributed by atoms with van der Waals surface area (Å²) >= 11 is 0. The van der Waals surface area contributed by atoms with Gasteiger partial charge in [-0.15, -0.1) is 0 Å². The van der Waals surface area contributed by atoms with Crippen LogP contribution in [0.5, 0.6) is 5.75 Å². The van der Waals surface area contributed by atoms with Crippen LogP contribution in [-0.4, -0.2) is 67.8 Å². The monoisotopic (exact) mass is 316 g/mol. The lowest BCUT2D eigenvalue weighted by molar-refractivity contribution is -0.129. The summed E-state index contributed by atoms with van der Waals surface area (Å²) in [4.78, 5) is 14.9. The highest BCUT2D eigenvalue weighted by molar-refractivity contribution is 5.83. The van der Waals surface area contributed by atoms with Gasteiger partial charge in [-0.25, -0.2) is 0 Å². The predicted molar refractivity (Wildman–Crippen MR) is 91.6 cm³/mol. The van der Waals surface area contributed by atoms with Gasteiger partial charge in [-0.2, -0.15) is 0 Å². The van der Waals surface area contributed by atoms with Gasteiger partial charge in [0.15, 0.2) is 0 Å². The number of nitrogens with zero attached hydrogens (tertiary/aromatic N) is 2. The Bertz CT molecular complexity index is 658. The molecule has 1 amide bonds. The smallest absolute Gasteiger partial charge is 0.236 e. The number of carbonyl (C=O) groups is 1. The standard InChI is InChI=1S/C18H24N2O3/c1-19(2)18(22)12-20(3)11-16(21)13-23-17-9-8-14-6-4-5-7-15(14)10-17/h4-10,16,21H,11-13H2,1-3H3. The van der Waals surface area contributed by atoms with E-state index >= 15 is 0 Å². The largest absolute Gasteiger partial charge is 0.491 e. The number of carbonyl (C=O) groups excluding carboxylic acids is 1. The molecule has 5 heteroatoms. The number of aliphatic hydroxyl groups is 1. The van der Waals surface area contributed by atoms with Crippen LogP contribution in [0.2, 0.25) is 0 Å². The number of likely N-dealkylation sites (N-methyl/N-ethyl adjacent to an activating group) is 2. The van der Waals surface area contributed by atoms with E-state index in [1.165, 1.54) is 4.90 Å². The Kier molecular flexibility index (Phi) is 5.96. The molecule has 2 rings (SSSR count). The van der Waals surface area contributed by atoms with Crippen molar-refractivity contribution >= 4 is 16.7 Å². The third-order valence-corrected chi connectivity index (χ3v) is 3.59. The fourth-order valence-corrected chi connectivity index (χ4v) is 2.30. The molecule has 0 spiro atoms. The number of hydrogen-bond donors (Lipinski definition) is 1. The van der Waals surface area contributed by atoms with Gasteiger partial charge in [0.1, 0.15) is 18.5 Å². The highest BCUT2D eigenvalue weighted by Crippen LogP contribution is 2.20. The SMILES string of the molecule is CN(CC(=O)N(C)C)CC(O)COc1ccc2ccccc2c1. The summed E-state index contributed by atoms with van der Waals surface area (Å²) < 4.78 is 5.66. The van der Waals surface area contributed by atoms with Crippen LogP contribution in [0.4, 0.5) is 0 Å². The van der Waals surface area contributed by atoms with Gasteiger partial charge in [0.25, 0.3) is 0 Å². The Hall–Kier alpha value is -2.11. The highest BCUT2D eigenvalue weighted by atomic mass is 16.5. The van der Waals surface area contributed by atoms with Crippen LogP contribution in [0.1, 0.15) is 0 Å². The molecule has 2 aromatic rings. The van der Waals surface area contributed by atoms with Crippen LogP contribution in [0.3, 0.4) is 0 Å². The van der Waals surface area contributed by atoms with Crippen molar-refractivity contribution in [2.75, 3.05) is 40.8 Å². The fraction of sp³-hybridized carbons (Fsp3) is 0.389. The molecule has 0 saturated carbocycles. The number of hydrogen-bond acceptors (Lipinski definition) is 4. The zero-order chi connectivity index (χ0) is 16.8. The Morgan fingerprint density at radius 3 is 2.52 bits per heavy atom. The first-order chi connectivity index (χ1) is 11.0. The van der Waals surface area contributed by atoms with E-state index in [-0.39, 0.29) is 19.1 Å². The minimum atomic E-state index is -0.651.